The van der Waals surface area contributed by atoms with E-state index in [1.165, 1.54) is 28.0 Å². The molecule has 0 N–H and O–H groups in total. The molecule has 5 aromatic rings. The minimum absolute atomic E-state index is 0.255. The number of hydrogen-bond acceptors (Lipinski definition) is 5. The van der Waals surface area contributed by atoms with E-state index in [4.69, 9.17) is 4.42 Å². The smallest absolute Gasteiger partial charge is 0.291 e. The van der Waals surface area contributed by atoms with Crippen molar-refractivity contribution >= 4 is 50.5 Å². The first-order chi connectivity index (χ1) is 15.0. The van der Waals surface area contributed by atoms with Crippen LogP contribution in [0.15, 0.2) is 74.3 Å². The van der Waals surface area contributed by atoms with E-state index in [1.807, 2.05) is 36.4 Å². The molecule has 152 valence electrons. The Morgan fingerprint density at radius 3 is 2.68 bits per heavy atom. The minimum atomic E-state index is -0.294. The maximum Gasteiger partial charge on any atom is 0.291 e. The van der Waals surface area contributed by atoms with Crippen LogP contribution in [0.25, 0.3) is 34.5 Å². The lowest BCUT2D eigenvalue weighted by atomic mass is 10.2. The Kier molecular flexibility index (Phi) is 5.09. The summed E-state index contributed by atoms with van der Waals surface area (Å²) in [6.07, 6.45) is 5.15. The van der Waals surface area contributed by atoms with Crippen molar-refractivity contribution in [3.05, 3.63) is 103 Å². The summed E-state index contributed by atoms with van der Waals surface area (Å²) in [6.45, 7) is 0. The molecule has 0 radical (unpaired) electrons. The van der Waals surface area contributed by atoms with Gasteiger partial charge in [-0.05, 0) is 48.0 Å². The van der Waals surface area contributed by atoms with Crippen LogP contribution in [0.1, 0.15) is 17.1 Å². The zero-order valence-electron chi connectivity index (χ0n) is 15.8. The topological polar surface area (TPSA) is 60.4 Å². The molecule has 0 atom stereocenters. The number of benzene rings is 2. The van der Waals surface area contributed by atoms with Crippen LogP contribution in [0.3, 0.4) is 0 Å². The highest BCUT2D eigenvalue weighted by molar-refractivity contribution is 9.10. The van der Waals surface area contributed by atoms with Gasteiger partial charge >= 0.3 is 0 Å². The number of furan rings is 1. The van der Waals surface area contributed by atoms with Crippen LogP contribution in [-0.2, 0) is 0 Å². The Morgan fingerprint density at radius 1 is 1.06 bits per heavy atom. The van der Waals surface area contributed by atoms with Gasteiger partial charge in [-0.2, -0.15) is 9.50 Å². The van der Waals surface area contributed by atoms with Crippen molar-refractivity contribution in [3.8, 4) is 11.3 Å². The summed E-state index contributed by atoms with van der Waals surface area (Å²) < 4.78 is 21.6. The molecular weight excluding hydrogens is 481 g/mol. The van der Waals surface area contributed by atoms with E-state index in [1.54, 1.807) is 30.4 Å². The third kappa shape index (κ3) is 4.12. The Labute approximate surface area is 187 Å². The average Bonchev–Trinajstić information content (AvgIpc) is 3.45. The van der Waals surface area contributed by atoms with Gasteiger partial charge in [0.2, 0.25) is 4.96 Å². The molecular formula is C23H13BrFN3O2S. The van der Waals surface area contributed by atoms with Gasteiger partial charge in [-0.15, -0.1) is 5.10 Å². The molecule has 5 nitrogen and oxygen atoms in total. The number of nitrogens with zero attached hydrogens (tertiary/aromatic N) is 3. The second-order valence-corrected chi connectivity index (χ2v) is 8.60. The molecule has 8 heteroatoms. The number of hydrogen-bond donors (Lipinski definition) is 0. The Morgan fingerprint density at radius 2 is 1.90 bits per heavy atom. The standard InChI is InChI=1S/C23H13BrFN3O2S/c24-16-3-1-2-15(12-16)19-10-9-18(30-19)13-20-22(29)28-23(31-20)26-21(27-28)11-6-14-4-7-17(25)8-5-14/h1-13H/b11-6+,20-13-. The maximum atomic E-state index is 13.0. The van der Waals surface area contributed by atoms with Crippen molar-refractivity contribution < 1.29 is 8.81 Å². The van der Waals surface area contributed by atoms with Crippen LogP contribution >= 0.6 is 27.3 Å². The van der Waals surface area contributed by atoms with Crippen molar-refractivity contribution in [2.45, 2.75) is 0 Å². The highest BCUT2D eigenvalue weighted by Crippen LogP contribution is 2.25. The van der Waals surface area contributed by atoms with Crippen LogP contribution in [0.2, 0.25) is 0 Å². The molecule has 0 saturated carbocycles. The number of aromatic nitrogens is 3. The highest BCUT2D eigenvalue weighted by Gasteiger charge is 2.10. The molecule has 0 spiro atoms. The molecule has 0 bridgehead atoms. The van der Waals surface area contributed by atoms with Gasteiger partial charge in [-0.3, -0.25) is 4.79 Å². The maximum absolute atomic E-state index is 13.0. The summed E-state index contributed by atoms with van der Waals surface area (Å²) in [7, 11) is 0. The van der Waals surface area contributed by atoms with Crippen LogP contribution in [-0.4, -0.2) is 14.6 Å². The molecule has 3 heterocycles. The fraction of sp³-hybridized carbons (Fsp3) is 0. The fourth-order valence-electron chi connectivity index (χ4n) is 3.02. The monoisotopic (exact) mass is 493 g/mol. The van der Waals surface area contributed by atoms with Gasteiger partial charge in [0.15, 0.2) is 5.82 Å². The molecule has 31 heavy (non-hydrogen) atoms. The van der Waals surface area contributed by atoms with E-state index in [9.17, 15) is 9.18 Å². The number of thiazole rings is 1. The molecule has 0 aliphatic carbocycles. The van der Waals surface area contributed by atoms with Gasteiger partial charge in [0, 0.05) is 16.1 Å². The Bertz CT molecular complexity index is 1530. The Balaban J connectivity index is 1.43. The molecule has 0 unspecified atom stereocenters. The first-order valence-electron chi connectivity index (χ1n) is 9.26. The number of rotatable bonds is 4. The lowest BCUT2D eigenvalue weighted by molar-refractivity contribution is 0.571. The van der Waals surface area contributed by atoms with Crippen molar-refractivity contribution in [1.82, 2.24) is 14.6 Å². The van der Waals surface area contributed by atoms with Crippen LogP contribution in [0, 0.1) is 5.82 Å². The molecule has 0 saturated heterocycles. The quantitative estimate of drug-likeness (QED) is 0.352. The largest absolute Gasteiger partial charge is 0.457 e. The molecule has 0 fully saturated rings. The van der Waals surface area contributed by atoms with Crippen LogP contribution in [0.5, 0.6) is 0 Å². The van der Waals surface area contributed by atoms with Crippen LogP contribution in [0.4, 0.5) is 4.39 Å². The van der Waals surface area contributed by atoms with Crippen LogP contribution < -0.4 is 10.1 Å². The lowest BCUT2D eigenvalue weighted by Crippen LogP contribution is -2.23. The van der Waals surface area contributed by atoms with Gasteiger partial charge in [-0.25, -0.2) is 4.39 Å². The summed E-state index contributed by atoms with van der Waals surface area (Å²) in [5, 5.41) is 4.26. The first-order valence-corrected chi connectivity index (χ1v) is 10.9. The van der Waals surface area contributed by atoms with E-state index >= 15 is 0 Å². The predicted octanol–water partition coefficient (Wildman–Crippen LogP) is 5.03. The summed E-state index contributed by atoms with van der Waals surface area (Å²) in [6, 6.07) is 17.6. The van der Waals surface area contributed by atoms with Gasteiger partial charge in [0.25, 0.3) is 5.56 Å². The molecule has 0 amide bonds. The zero-order valence-corrected chi connectivity index (χ0v) is 18.2. The van der Waals surface area contributed by atoms with E-state index < -0.39 is 0 Å². The second-order valence-electron chi connectivity index (χ2n) is 6.68. The van der Waals surface area contributed by atoms with E-state index in [-0.39, 0.29) is 11.4 Å². The second kappa shape index (κ2) is 8.05. The van der Waals surface area contributed by atoms with Gasteiger partial charge < -0.3 is 4.42 Å². The summed E-state index contributed by atoms with van der Waals surface area (Å²) >= 11 is 4.69. The van der Waals surface area contributed by atoms with E-state index in [2.05, 4.69) is 26.0 Å². The number of fused-ring (bicyclic) bond motifs is 1. The van der Waals surface area contributed by atoms with Gasteiger partial charge in [-0.1, -0.05) is 57.6 Å². The minimum Gasteiger partial charge on any atom is -0.457 e. The SMILES string of the molecule is O=c1/c(=C/c2ccc(-c3cccc(Br)c3)o2)sc2nc(/C=C/c3ccc(F)cc3)nn12. The van der Waals surface area contributed by atoms with E-state index in [0.717, 1.165) is 15.6 Å². The predicted molar refractivity (Wildman–Crippen MR) is 123 cm³/mol. The summed E-state index contributed by atoms with van der Waals surface area (Å²) in [4.78, 5) is 17.6. The fourth-order valence-corrected chi connectivity index (χ4v) is 4.31. The lowest BCUT2D eigenvalue weighted by Gasteiger charge is -1.96. The molecule has 5 rings (SSSR count). The third-order valence-electron chi connectivity index (χ3n) is 4.50. The van der Waals surface area contributed by atoms with Gasteiger partial charge in [0.05, 0.1) is 0 Å². The Hall–Kier alpha value is -3.36. The molecule has 0 aliphatic heterocycles. The third-order valence-corrected chi connectivity index (χ3v) is 5.95. The van der Waals surface area contributed by atoms with Crippen molar-refractivity contribution in [2.24, 2.45) is 0 Å². The average molecular weight is 494 g/mol. The normalized spacial score (nSPS) is 12.4. The molecule has 3 aromatic heterocycles. The first kappa shape index (κ1) is 19.6. The zero-order chi connectivity index (χ0) is 21.4. The van der Waals surface area contributed by atoms with Gasteiger partial charge in [0.1, 0.15) is 21.9 Å². The van der Waals surface area contributed by atoms with Crippen molar-refractivity contribution in [2.75, 3.05) is 0 Å². The number of halogens is 2. The summed E-state index contributed by atoms with van der Waals surface area (Å²) in [5.74, 6) is 1.41. The molecule has 2 aromatic carbocycles. The summed E-state index contributed by atoms with van der Waals surface area (Å²) in [5.41, 5.74) is 1.50. The van der Waals surface area contributed by atoms with Crippen molar-refractivity contribution in [3.63, 3.8) is 0 Å². The van der Waals surface area contributed by atoms with E-state index in [0.29, 0.717) is 26.8 Å². The van der Waals surface area contributed by atoms with Crippen molar-refractivity contribution in [1.29, 1.82) is 0 Å². The highest BCUT2D eigenvalue weighted by atomic mass is 79.9. The molecule has 0 aliphatic rings.